The van der Waals surface area contributed by atoms with E-state index in [1.165, 1.54) is 0 Å². The summed E-state index contributed by atoms with van der Waals surface area (Å²) in [6.07, 6.45) is 5.00. The SMILES string of the molecule is O=C(CC1CCS(=O)(=O)CC1)NCc1ccncc1. The second kappa shape index (κ2) is 6.14. The summed E-state index contributed by atoms with van der Waals surface area (Å²) < 4.78 is 22.6. The van der Waals surface area contributed by atoms with Crippen molar-refractivity contribution < 1.29 is 13.2 Å². The van der Waals surface area contributed by atoms with Crippen LogP contribution in [0.15, 0.2) is 24.5 Å². The highest BCUT2D eigenvalue weighted by molar-refractivity contribution is 7.91. The molecule has 0 atom stereocenters. The molecule has 0 saturated carbocycles. The molecule has 2 heterocycles. The van der Waals surface area contributed by atoms with Gasteiger partial charge in [-0.3, -0.25) is 9.78 Å². The lowest BCUT2D eigenvalue weighted by Crippen LogP contribution is -2.29. The van der Waals surface area contributed by atoms with Crippen LogP contribution in [-0.4, -0.2) is 30.8 Å². The lowest BCUT2D eigenvalue weighted by molar-refractivity contribution is -0.122. The number of hydrogen-bond acceptors (Lipinski definition) is 4. The lowest BCUT2D eigenvalue weighted by Gasteiger charge is -2.21. The largest absolute Gasteiger partial charge is 0.352 e. The maximum absolute atomic E-state index is 11.8. The molecule has 19 heavy (non-hydrogen) atoms. The van der Waals surface area contributed by atoms with Gasteiger partial charge in [-0.25, -0.2) is 8.42 Å². The number of nitrogens with one attached hydrogen (secondary N) is 1. The zero-order valence-electron chi connectivity index (χ0n) is 10.7. The Morgan fingerprint density at radius 1 is 1.26 bits per heavy atom. The van der Waals surface area contributed by atoms with Gasteiger partial charge in [0.1, 0.15) is 9.84 Å². The van der Waals surface area contributed by atoms with E-state index in [2.05, 4.69) is 10.3 Å². The minimum atomic E-state index is -2.85. The number of aromatic nitrogens is 1. The van der Waals surface area contributed by atoms with Crippen molar-refractivity contribution in [3.63, 3.8) is 0 Å². The normalized spacial score (nSPS) is 18.9. The number of sulfone groups is 1. The number of amides is 1. The number of pyridine rings is 1. The Kier molecular flexibility index (Phi) is 4.52. The molecule has 0 unspecified atom stereocenters. The third-order valence-electron chi connectivity index (χ3n) is 3.39. The molecule has 1 N–H and O–H groups in total. The Hall–Kier alpha value is -1.43. The summed E-state index contributed by atoms with van der Waals surface area (Å²) in [6.45, 7) is 0.492. The number of hydrogen-bond donors (Lipinski definition) is 1. The molecule has 2 rings (SSSR count). The molecule has 1 aliphatic heterocycles. The zero-order chi connectivity index (χ0) is 13.7. The Morgan fingerprint density at radius 2 is 1.89 bits per heavy atom. The molecule has 0 aromatic carbocycles. The molecule has 0 spiro atoms. The molecule has 1 aromatic heterocycles. The van der Waals surface area contributed by atoms with Crippen molar-refractivity contribution >= 4 is 15.7 Å². The second-order valence-electron chi connectivity index (χ2n) is 4.93. The summed E-state index contributed by atoms with van der Waals surface area (Å²) in [7, 11) is -2.85. The van der Waals surface area contributed by atoms with Gasteiger partial charge in [-0.1, -0.05) is 0 Å². The van der Waals surface area contributed by atoms with Gasteiger partial charge in [-0.15, -0.1) is 0 Å². The van der Waals surface area contributed by atoms with Gasteiger partial charge in [0.25, 0.3) is 0 Å². The van der Waals surface area contributed by atoms with Crippen molar-refractivity contribution in [1.29, 1.82) is 0 Å². The molecule has 1 aromatic rings. The molecule has 0 aliphatic carbocycles. The van der Waals surface area contributed by atoms with Crippen LogP contribution in [0.5, 0.6) is 0 Å². The summed E-state index contributed by atoms with van der Waals surface area (Å²) in [5.74, 6) is 0.618. The summed E-state index contributed by atoms with van der Waals surface area (Å²) in [5.41, 5.74) is 1.01. The van der Waals surface area contributed by atoms with Crippen LogP contribution in [0.25, 0.3) is 0 Å². The van der Waals surface area contributed by atoms with E-state index in [1.807, 2.05) is 12.1 Å². The van der Waals surface area contributed by atoms with Gasteiger partial charge >= 0.3 is 0 Å². The summed E-state index contributed by atoms with van der Waals surface area (Å²) in [5, 5.41) is 2.85. The van der Waals surface area contributed by atoms with E-state index in [1.54, 1.807) is 12.4 Å². The van der Waals surface area contributed by atoms with Crippen molar-refractivity contribution in [2.75, 3.05) is 11.5 Å². The number of nitrogens with zero attached hydrogens (tertiary/aromatic N) is 1. The smallest absolute Gasteiger partial charge is 0.220 e. The van der Waals surface area contributed by atoms with Crippen molar-refractivity contribution in [2.24, 2.45) is 5.92 Å². The van der Waals surface area contributed by atoms with Gasteiger partial charge in [-0.2, -0.15) is 0 Å². The highest BCUT2D eigenvalue weighted by Crippen LogP contribution is 2.21. The quantitative estimate of drug-likeness (QED) is 0.890. The van der Waals surface area contributed by atoms with Crippen molar-refractivity contribution in [1.82, 2.24) is 10.3 Å². The highest BCUT2D eigenvalue weighted by Gasteiger charge is 2.25. The molecule has 1 fully saturated rings. The monoisotopic (exact) mass is 282 g/mol. The van der Waals surface area contributed by atoms with E-state index >= 15 is 0 Å². The van der Waals surface area contributed by atoms with Crippen LogP contribution in [0, 0.1) is 5.92 Å². The fraction of sp³-hybridized carbons (Fsp3) is 0.538. The first-order valence-electron chi connectivity index (χ1n) is 6.41. The van der Waals surface area contributed by atoms with Crippen molar-refractivity contribution in [2.45, 2.75) is 25.8 Å². The standard InChI is InChI=1S/C13H18N2O3S/c16-13(15-10-12-1-5-14-6-2-12)9-11-3-7-19(17,18)8-4-11/h1-2,5-6,11H,3-4,7-10H2,(H,15,16). The molecule has 1 saturated heterocycles. The molecule has 5 nitrogen and oxygen atoms in total. The minimum Gasteiger partial charge on any atom is -0.352 e. The molecule has 104 valence electrons. The summed E-state index contributed by atoms with van der Waals surface area (Å²) in [4.78, 5) is 15.7. The Labute approximate surface area is 113 Å². The van der Waals surface area contributed by atoms with Crippen LogP contribution in [0.1, 0.15) is 24.8 Å². The van der Waals surface area contributed by atoms with E-state index in [-0.39, 0.29) is 23.3 Å². The van der Waals surface area contributed by atoms with Crippen LogP contribution in [-0.2, 0) is 21.2 Å². The maximum Gasteiger partial charge on any atom is 0.220 e. The van der Waals surface area contributed by atoms with Crippen LogP contribution < -0.4 is 5.32 Å². The topological polar surface area (TPSA) is 76.1 Å². The predicted octanol–water partition coefficient (Wildman–Crippen LogP) is 0.913. The Morgan fingerprint density at radius 3 is 2.53 bits per heavy atom. The molecule has 1 amide bonds. The third kappa shape index (κ3) is 4.63. The summed E-state index contributed by atoms with van der Waals surface area (Å²) >= 11 is 0. The average molecular weight is 282 g/mol. The first kappa shape index (κ1) is 14.0. The predicted molar refractivity (Wildman–Crippen MR) is 72.1 cm³/mol. The van der Waals surface area contributed by atoms with Gasteiger partial charge in [0.05, 0.1) is 11.5 Å². The first-order chi connectivity index (χ1) is 9.05. The molecular formula is C13H18N2O3S. The third-order valence-corrected chi connectivity index (χ3v) is 5.10. The average Bonchev–Trinajstić information content (AvgIpc) is 2.40. The zero-order valence-corrected chi connectivity index (χ0v) is 11.5. The van der Waals surface area contributed by atoms with E-state index in [0.29, 0.717) is 25.8 Å². The first-order valence-corrected chi connectivity index (χ1v) is 8.23. The van der Waals surface area contributed by atoms with Crippen LogP contribution in [0.4, 0.5) is 0 Å². The Balaban J connectivity index is 1.73. The van der Waals surface area contributed by atoms with Crippen molar-refractivity contribution in [3.05, 3.63) is 30.1 Å². The Bertz CT molecular complexity index is 514. The minimum absolute atomic E-state index is 0.0129. The number of carbonyl (C=O) groups excluding carboxylic acids is 1. The molecule has 0 bridgehead atoms. The van der Waals surface area contributed by atoms with Gasteiger partial charge in [-0.05, 0) is 36.5 Å². The second-order valence-corrected chi connectivity index (χ2v) is 7.24. The fourth-order valence-electron chi connectivity index (χ4n) is 2.18. The maximum atomic E-state index is 11.8. The molecule has 0 radical (unpaired) electrons. The van der Waals surface area contributed by atoms with Gasteiger partial charge in [0.15, 0.2) is 0 Å². The van der Waals surface area contributed by atoms with Gasteiger partial charge in [0, 0.05) is 25.4 Å². The molecule has 1 aliphatic rings. The van der Waals surface area contributed by atoms with Crippen LogP contribution in [0.2, 0.25) is 0 Å². The lowest BCUT2D eigenvalue weighted by atomic mass is 9.98. The molecular weight excluding hydrogens is 264 g/mol. The summed E-state index contributed by atoms with van der Waals surface area (Å²) in [6, 6.07) is 3.71. The van der Waals surface area contributed by atoms with Crippen LogP contribution >= 0.6 is 0 Å². The van der Waals surface area contributed by atoms with Gasteiger partial charge < -0.3 is 5.32 Å². The van der Waals surface area contributed by atoms with E-state index < -0.39 is 9.84 Å². The highest BCUT2D eigenvalue weighted by atomic mass is 32.2. The van der Waals surface area contributed by atoms with E-state index in [4.69, 9.17) is 0 Å². The van der Waals surface area contributed by atoms with Crippen LogP contribution in [0.3, 0.4) is 0 Å². The number of rotatable bonds is 4. The number of carbonyl (C=O) groups is 1. The van der Waals surface area contributed by atoms with E-state index in [9.17, 15) is 13.2 Å². The van der Waals surface area contributed by atoms with E-state index in [0.717, 1.165) is 5.56 Å². The fourth-order valence-corrected chi connectivity index (χ4v) is 3.77. The van der Waals surface area contributed by atoms with Crippen molar-refractivity contribution in [3.8, 4) is 0 Å². The molecule has 6 heteroatoms. The van der Waals surface area contributed by atoms with Gasteiger partial charge in [0.2, 0.25) is 5.91 Å².